The molecule has 4 nitrogen and oxygen atoms in total. The van der Waals surface area contributed by atoms with Crippen molar-refractivity contribution in [3.63, 3.8) is 0 Å². The molecule has 0 aliphatic rings. The Morgan fingerprint density at radius 2 is 1.53 bits per heavy atom. The Hall–Kier alpha value is -1.61. The minimum absolute atomic E-state index is 0.589. The fourth-order valence-corrected chi connectivity index (χ4v) is 1.88. The van der Waals surface area contributed by atoms with Crippen molar-refractivity contribution in [2.45, 2.75) is 5.03 Å². The van der Waals surface area contributed by atoms with Crippen molar-refractivity contribution in [2.75, 3.05) is 0 Å². The van der Waals surface area contributed by atoms with E-state index in [1.165, 1.54) is 0 Å². The molecule has 0 radical (unpaired) electrons. The van der Waals surface area contributed by atoms with Crippen LogP contribution in [0.1, 0.15) is 0 Å². The minimum atomic E-state index is -4.26. The molecule has 2 rings (SSSR count). The Bertz CT molecular complexity index is 678. The molecule has 0 atom stereocenters. The zero-order valence-corrected chi connectivity index (χ0v) is 8.71. The SMILES string of the molecule is NS(=O)(=O)c1cc2c(F)c(F)c(F)c(F)c2[nH]1. The highest BCUT2D eigenvalue weighted by atomic mass is 32.2. The van der Waals surface area contributed by atoms with Crippen LogP contribution in [0, 0.1) is 23.3 Å². The fourth-order valence-electron chi connectivity index (χ4n) is 1.35. The van der Waals surface area contributed by atoms with E-state index in [9.17, 15) is 26.0 Å². The second kappa shape index (κ2) is 3.44. The van der Waals surface area contributed by atoms with Gasteiger partial charge in [0.05, 0.1) is 5.52 Å². The predicted octanol–water partition coefficient (Wildman–Crippen LogP) is 1.37. The van der Waals surface area contributed by atoms with Gasteiger partial charge in [-0.05, 0) is 6.07 Å². The van der Waals surface area contributed by atoms with Crippen LogP contribution in [0.2, 0.25) is 0 Å². The number of nitrogens with two attached hydrogens (primary N) is 1. The lowest BCUT2D eigenvalue weighted by atomic mass is 10.2. The summed E-state index contributed by atoms with van der Waals surface area (Å²) in [6.45, 7) is 0. The Morgan fingerprint density at radius 1 is 1.00 bits per heavy atom. The number of nitrogens with one attached hydrogen (secondary N) is 1. The summed E-state index contributed by atoms with van der Waals surface area (Å²) >= 11 is 0. The summed E-state index contributed by atoms with van der Waals surface area (Å²) in [7, 11) is -4.26. The Morgan fingerprint density at radius 3 is 2.06 bits per heavy atom. The fraction of sp³-hybridized carbons (Fsp3) is 0. The lowest BCUT2D eigenvalue weighted by Crippen LogP contribution is -2.12. The first-order valence-corrected chi connectivity index (χ1v) is 5.65. The zero-order valence-electron chi connectivity index (χ0n) is 7.89. The smallest absolute Gasteiger partial charge is 0.253 e. The number of hydrogen-bond donors (Lipinski definition) is 2. The van der Waals surface area contributed by atoms with Crippen molar-refractivity contribution in [1.29, 1.82) is 0 Å². The molecule has 1 heterocycles. The standard InChI is InChI=1S/C8H4F4N2O2S/c9-4-2-1-3(17(13,15)16)14-8(2)7(12)6(11)5(4)10/h1,14H,(H2,13,15,16). The van der Waals surface area contributed by atoms with Gasteiger partial charge in [0.1, 0.15) is 5.03 Å². The molecular formula is C8H4F4N2O2S. The van der Waals surface area contributed by atoms with Crippen LogP contribution in [-0.4, -0.2) is 13.4 Å². The minimum Gasteiger partial charge on any atom is -0.342 e. The highest BCUT2D eigenvalue weighted by molar-refractivity contribution is 7.89. The third-order valence-corrected chi connectivity index (χ3v) is 2.97. The average molecular weight is 268 g/mol. The molecule has 0 saturated carbocycles. The second-order valence-corrected chi connectivity index (χ2v) is 4.75. The van der Waals surface area contributed by atoms with E-state index in [0.29, 0.717) is 6.07 Å². The third-order valence-electron chi connectivity index (χ3n) is 2.13. The number of primary sulfonamides is 1. The summed E-state index contributed by atoms with van der Waals surface area (Å²) in [6, 6.07) is 0.589. The molecule has 0 fully saturated rings. The summed E-state index contributed by atoms with van der Waals surface area (Å²) in [5.74, 6) is -7.45. The molecule has 17 heavy (non-hydrogen) atoms. The van der Waals surface area contributed by atoms with Crippen LogP contribution >= 0.6 is 0 Å². The summed E-state index contributed by atoms with van der Waals surface area (Å²) in [6.07, 6.45) is 0. The normalized spacial score (nSPS) is 12.3. The summed E-state index contributed by atoms with van der Waals surface area (Å²) in [4.78, 5) is 1.88. The number of fused-ring (bicyclic) bond motifs is 1. The summed E-state index contributed by atoms with van der Waals surface area (Å²) in [5, 5.41) is 3.23. The summed E-state index contributed by atoms with van der Waals surface area (Å²) < 4.78 is 73.9. The van der Waals surface area contributed by atoms with Gasteiger partial charge >= 0.3 is 0 Å². The van der Waals surface area contributed by atoms with Gasteiger partial charge in [-0.15, -0.1) is 0 Å². The first kappa shape index (κ1) is 11.9. The number of rotatable bonds is 1. The first-order valence-electron chi connectivity index (χ1n) is 4.11. The molecule has 1 aromatic carbocycles. The molecule has 0 unspecified atom stereocenters. The molecule has 92 valence electrons. The molecule has 2 aromatic rings. The first-order chi connectivity index (χ1) is 7.73. The molecule has 0 bridgehead atoms. The number of H-pyrrole nitrogens is 1. The number of aromatic amines is 1. The Kier molecular flexibility index (Phi) is 2.40. The predicted molar refractivity (Wildman–Crippen MR) is 49.5 cm³/mol. The van der Waals surface area contributed by atoms with Crippen LogP contribution in [0.4, 0.5) is 17.6 Å². The van der Waals surface area contributed by atoms with Crippen molar-refractivity contribution in [1.82, 2.24) is 4.98 Å². The van der Waals surface area contributed by atoms with Gasteiger partial charge < -0.3 is 4.98 Å². The van der Waals surface area contributed by atoms with Gasteiger partial charge in [-0.25, -0.2) is 31.1 Å². The monoisotopic (exact) mass is 268 g/mol. The van der Waals surface area contributed by atoms with Crippen LogP contribution in [0.3, 0.4) is 0 Å². The molecule has 0 amide bonds. The van der Waals surface area contributed by atoms with Crippen LogP contribution in [0.25, 0.3) is 10.9 Å². The largest absolute Gasteiger partial charge is 0.342 e. The van der Waals surface area contributed by atoms with Gasteiger partial charge in [0.25, 0.3) is 10.0 Å². The molecule has 0 aliphatic heterocycles. The van der Waals surface area contributed by atoms with E-state index in [4.69, 9.17) is 5.14 Å². The lowest BCUT2D eigenvalue weighted by Gasteiger charge is -1.98. The van der Waals surface area contributed by atoms with E-state index in [0.717, 1.165) is 0 Å². The number of halogens is 4. The zero-order chi connectivity index (χ0) is 13.0. The van der Waals surface area contributed by atoms with E-state index in [1.54, 1.807) is 0 Å². The van der Waals surface area contributed by atoms with E-state index in [2.05, 4.69) is 0 Å². The average Bonchev–Trinajstić information content (AvgIpc) is 2.67. The van der Waals surface area contributed by atoms with Crippen molar-refractivity contribution < 1.29 is 26.0 Å². The topological polar surface area (TPSA) is 76.0 Å². The van der Waals surface area contributed by atoms with Gasteiger partial charge in [0, 0.05) is 5.39 Å². The quantitative estimate of drug-likeness (QED) is 0.465. The maximum atomic E-state index is 13.2. The molecule has 0 spiro atoms. The number of aromatic nitrogens is 1. The maximum absolute atomic E-state index is 13.2. The molecule has 9 heteroatoms. The van der Waals surface area contributed by atoms with E-state index in [1.807, 2.05) is 4.98 Å². The molecule has 0 aliphatic carbocycles. The number of benzene rings is 1. The lowest BCUT2D eigenvalue weighted by molar-refractivity contribution is 0.417. The van der Waals surface area contributed by atoms with Crippen LogP contribution in [0.5, 0.6) is 0 Å². The van der Waals surface area contributed by atoms with Gasteiger partial charge in [-0.1, -0.05) is 0 Å². The number of sulfonamides is 1. The third kappa shape index (κ3) is 1.67. The Balaban J connectivity index is 2.96. The van der Waals surface area contributed by atoms with Crippen molar-refractivity contribution >= 4 is 20.9 Å². The highest BCUT2D eigenvalue weighted by Crippen LogP contribution is 2.28. The van der Waals surface area contributed by atoms with Crippen LogP contribution in [0.15, 0.2) is 11.1 Å². The van der Waals surface area contributed by atoms with E-state index in [-0.39, 0.29) is 0 Å². The van der Waals surface area contributed by atoms with Crippen molar-refractivity contribution in [3.8, 4) is 0 Å². The van der Waals surface area contributed by atoms with Crippen LogP contribution < -0.4 is 5.14 Å². The number of hydrogen-bond acceptors (Lipinski definition) is 2. The highest BCUT2D eigenvalue weighted by Gasteiger charge is 2.24. The Labute approximate surface area is 92.1 Å². The second-order valence-electron chi connectivity index (χ2n) is 3.22. The molecule has 0 saturated heterocycles. The van der Waals surface area contributed by atoms with E-state index < -0.39 is 49.2 Å². The van der Waals surface area contributed by atoms with Crippen molar-refractivity contribution in [2.24, 2.45) is 5.14 Å². The van der Waals surface area contributed by atoms with Crippen molar-refractivity contribution in [3.05, 3.63) is 29.3 Å². The van der Waals surface area contributed by atoms with Crippen LogP contribution in [-0.2, 0) is 10.0 Å². The maximum Gasteiger partial charge on any atom is 0.253 e. The van der Waals surface area contributed by atoms with E-state index >= 15 is 0 Å². The molecular weight excluding hydrogens is 264 g/mol. The molecule has 3 N–H and O–H groups in total. The summed E-state index contributed by atoms with van der Waals surface area (Å²) in [5.41, 5.74) is -0.801. The van der Waals surface area contributed by atoms with Gasteiger partial charge in [0.2, 0.25) is 0 Å². The van der Waals surface area contributed by atoms with Gasteiger partial charge in [0.15, 0.2) is 23.3 Å². The van der Waals surface area contributed by atoms with Gasteiger partial charge in [-0.3, -0.25) is 0 Å². The molecule has 1 aromatic heterocycles. The van der Waals surface area contributed by atoms with Gasteiger partial charge in [-0.2, -0.15) is 0 Å².